The minimum atomic E-state index is -0.216. The first-order valence-electron chi connectivity index (χ1n) is 8.86. The molecule has 4 heteroatoms. The summed E-state index contributed by atoms with van der Waals surface area (Å²) in [5, 5.41) is 9.68. The topological polar surface area (TPSA) is 49.8 Å². The molecule has 1 saturated carbocycles. The van der Waals surface area contributed by atoms with Crippen LogP contribution in [0.2, 0.25) is 0 Å². The second-order valence-electron chi connectivity index (χ2n) is 6.40. The maximum atomic E-state index is 12.5. The van der Waals surface area contributed by atoms with Crippen LogP contribution in [-0.2, 0) is 11.3 Å². The number of aliphatic hydroxyl groups is 1. The van der Waals surface area contributed by atoms with Gasteiger partial charge in [-0.25, -0.2) is 4.79 Å². The van der Waals surface area contributed by atoms with E-state index in [1.54, 1.807) is 0 Å². The minimum Gasteiger partial charge on any atom is -0.445 e. The van der Waals surface area contributed by atoms with Crippen molar-refractivity contribution in [1.82, 2.24) is 4.90 Å². The molecule has 2 rings (SSSR count). The summed E-state index contributed by atoms with van der Waals surface area (Å²) < 4.78 is 5.53. The van der Waals surface area contributed by atoms with Gasteiger partial charge in [-0.3, -0.25) is 0 Å². The Morgan fingerprint density at radius 3 is 2.52 bits per heavy atom. The van der Waals surface area contributed by atoms with Crippen molar-refractivity contribution in [2.24, 2.45) is 0 Å². The van der Waals surface area contributed by atoms with Crippen molar-refractivity contribution in [1.29, 1.82) is 0 Å². The number of unbranched alkanes of at least 4 members (excludes halogenated alkanes) is 2. The summed E-state index contributed by atoms with van der Waals surface area (Å²) >= 11 is 0. The second-order valence-corrected chi connectivity index (χ2v) is 6.40. The molecule has 0 atom stereocenters. The number of rotatable bonds is 7. The molecule has 0 heterocycles. The zero-order valence-electron chi connectivity index (χ0n) is 14.1. The average molecular weight is 319 g/mol. The van der Waals surface area contributed by atoms with Gasteiger partial charge in [-0.2, -0.15) is 0 Å². The molecular formula is C19H29NO3. The lowest BCUT2D eigenvalue weighted by Gasteiger charge is -2.35. The molecule has 0 saturated heterocycles. The first-order chi connectivity index (χ1) is 11.2. The molecule has 0 spiro atoms. The maximum absolute atomic E-state index is 12.5. The van der Waals surface area contributed by atoms with Crippen LogP contribution < -0.4 is 0 Å². The van der Waals surface area contributed by atoms with Gasteiger partial charge in [0.05, 0.1) is 6.10 Å². The van der Waals surface area contributed by atoms with Crippen molar-refractivity contribution in [3.8, 4) is 0 Å². The number of nitrogens with zero attached hydrogens (tertiary/aromatic N) is 1. The highest BCUT2D eigenvalue weighted by Crippen LogP contribution is 2.24. The summed E-state index contributed by atoms with van der Waals surface area (Å²) in [6.45, 7) is 3.23. The number of carbonyl (C=O) groups excluding carboxylic acids is 1. The molecule has 0 aromatic heterocycles. The lowest BCUT2D eigenvalue weighted by molar-refractivity contribution is 0.0487. The predicted molar refractivity (Wildman–Crippen MR) is 91.1 cm³/mol. The van der Waals surface area contributed by atoms with Gasteiger partial charge in [-0.1, -0.05) is 50.1 Å². The molecule has 1 fully saturated rings. The van der Waals surface area contributed by atoms with Crippen LogP contribution in [-0.4, -0.2) is 34.8 Å². The van der Waals surface area contributed by atoms with Crippen LogP contribution in [0.4, 0.5) is 4.79 Å². The van der Waals surface area contributed by atoms with Crippen molar-refractivity contribution in [3.05, 3.63) is 35.9 Å². The Hall–Kier alpha value is -1.55. The molecule has 1 aromatic rings. The van der Waals surface area contributed by atoms with E-state index in [1.807, 2.05) is 35.2 Å². The van der Waals surface area contributed by atoms with Crippen molar-refractivity contribution >= 4 is 6.09 Å². The van der Waals surface area contributed by atoms with E-state index in [4.69, 9.17) is 4.74 Å². The zero-order valence-corrected chi connectivity index (χ0v) is 14.1. The summed E-state index contributed by atoms with van der Waals surface area (Å²) in [6.07, 6.45) is 6.14. The highest BCUT2D eigenvalue weighted by molar-refractivity contribution is 5.68. The molecule has 1 aliphatic carbocycles. The molecule has 0 aliphatic heterocycles. The molecule has 0 radical (unpaired) electrons. The van der Waals surface area contributed by atoms with E-state index < -0.39 is 0 Å². The van der Waals surface area contributed by atoms with Crippen LogP contribution in [0.25, 0.3) is 0 Å². The number of benzene rings is 1. The molecule has 1 N–H and O–H groups in total. The van der Waals surface area contributed by atoms with E-state index >= 15 is 0 Å². The Balaban J connectivity index is 1.90. The number of ether oxygens (including phenoxy) is 1. The molecule has 4 nitrogen and oxygen atoms in total. The normalized spacial score (nSPS) is 21.0. The predicted octanol–water partition coefficient (Wildman–Crippen LogP) is 4.12. The molecule has 0 unspecified atom stereocenters. The minimum absolute atomic E-state index is 0.205. The van der Waals surface area contributed by atoms with Crippen LogP contribution in [0.5, 0.6) is 0 Å². The summed E-state index contributed by atoms with van der Waals surface area (Å²) in [4.78, 5) is 14.4. The largest absolute Gasteiger partial charge is 0.445 e. The Labute approximate surface area is 139 Å². The third kappa shape index (κ3) is 5.87. The molecule has 1 aliphatic rings. The fraction of sp³-hybridized carbons (Fsp3) is 0.632. The van der Waals surface area contributed by atoms with Crippen LogP contribution in [0.15, 0.2) is 30.3 Å². The van der Waals surface area contributed by atoms with Crippen molar-refractivity contribution < 1.29 is 14.6 Å². The third-order valence-corrected chi connectivity index (χ3v) is 4.55. The summed E-state index contributed by atoms with van der Waals surface area (Å²) in [6, 6.07) is 9.99. The first-order valence-corrected chi connectivity index (χ1v) is 8.86. The fourth-order valence-electron chi connectivity index (χ4n) is 3.13. The van der Waals surface area contributed by atoms with Crippen molar-refractivity contribution in [3.63, 3.8) is 0 Å². The van der Waals surface area contributed by atoms with Crippen LogP contribution in [0, 0.1) is 0 Å². The smallest absolute Gasteiger partial charge is 0.410 e. The monoisotopic (exact) mass is 319 g/mol. The highest BCUT2D eigenvalue weighted by Gasteiger charge is 2.28. The summed E-state index contributed by atoms with van der Waals surface area (Å²) in [7, 11) is 0. The lowest BCUT2D eigenvalue weighted by atomic mass is 9.92. The number of hydrogen-bond acceptors (Lipinski definition) is 3. The van der Waals surface area contributed by atoms with E-state index in [-0.39, 0.29) is 18.2 Å². The SMILES string of the molecule is CCCCCN(C(=O)OCc1ccccc1)C1CCC(O)CC1. The Bertz CT molecular complexity index is 455. The van der Waals surface area contributed by atoms with E-state index in [9.17, 15) is 9.90 Å². The quantitative estimate of drug-likeness (QED) is 0.769. The van der Waals surface area contributed by atoms with Crippen molar-refractivity contribution in [2.45, 2.75) is 70.6 Å². The molecule has 23 heavy (non-hydrogen) atoms. The molecular weight excluding hydrogens is 290 g/mol. The van der Waals surface area contributed by atoms with E-state index in [2.05, 4.69) is 6.92 Å². The highest BCUT2D eigenvalue weighted by atomic mass is 16.6. The van der Waals surface area contributed by atoms with E-state index in [1.165, 1.54) is 0 Å². The van der Waals surface area contributed by atoms with E-state index in [0.29, 0.717) is 6.61 Å². The van der Waals surface area contributed by atoms with Gasteiger partial charge in [0, 0.05) is 12.6 Å². The van der Waals surface area contributed by atoms with Crippen LogP contribution >= 0.6 is 0 Å². The van der Waals surface area contributed by atoms with E-state index in [0.717, 1.165) is 57.1 Å². The van der Waals surface area contributed by atoms with Gasteiger partial charge in [0.2, 0.25) is 0 Å². The summed E-state index contributed by atoms with van der Waals surface area (Å²) in [5.74, 6) is 0. The molecule has 1 amide bonds. The zero-order chi connectivity index (χ0) is 16.5. The molecule has 0 bridgehead atoms. The third-order valence-electron chi connectivity index (χ3n) is 4.55. The van der Waals surface area contributed by atoms with Gasteiger partial charge in [0.25, 0.3) is 0 Å². The number of hydrogen-bond donors (Lipinski definition) is 1. The lowest BCUT2D eigenvalue weighted by Crippen LogP contribution is -2.43. The van der Waals surface area contributed by atoms with Gasteiger partial charge in [-0.15, -0.1) is 0 Å². The van der Waals surface area contributed by atoms with Gasteiger partial charge in [0.1, 0.15) is 6.61 Å². The van der Waals surface area contributed by atoms with Crippen LogP contribution in [0.3, 0.4) is 0 Å². The number of amides is 1. The molecule has 128 valence electrons. The van der Waals surface area contributed by atoms with Crippen molar-refractivity contribution in [2.75, 3.05) is 6.54 Å². The fourth-order valence-corrected chi connectivity index (χ4v) is 3.13. The Morgan fingerprint density at radius 1 is 1.17 bits per heavy atom. The van der Waals surface area contributed by atoms with Gasteiger partial charge in [-0.05, 0) is 37.7 Å². The molecule has 1 aromatic carbocycles. The van der Waals surface area contributed by atoms with Gasteiger partial charge >= 0.3 is 6.09 Å². The first kappa shape index (κ1) is 17.8. The van der Waals surface area contributed by atoms with Crippen LogP contribution in [0.1, 0.15) is 57.4 Å². The number of carbonyl (C=O) groups is 1. The maximum Gasteiger partial charge on any atom is 0.410 e. The summed E-state index contributed by atoms with van der Waals surface area (Å²) in [5.41, 5.74) is 1.01. The second kappa shape index (κ2) is 9.56. The Morgan fingerprint density at radius 2 is 1.87 bits per heavy atom. The standard InChI is InChI=1S/C19H29NO3/c1-2-3-7-14-20(17-10-12-18(21)13-11-17)19(22)23-15-16-8-5-4-6-9-16/h4-6,8-9,17-18,21H,2-3,7,10-15H2,1H3. The number of aliphatic hydroxyl groups excluding tert-OH is 1. The van der Waals surface area contributed by atoms with Gasteiger partial charge < -0.3 is 14.7 Å². The average Bonchev–Trinajstić information content (AvgIpc) is 2.59. The Kier molecular flexibility index (Phi) is 7.40. The van der Waals surface area contributed by atoms with Gasteiger partial charge in [0.15, 0.2) is 0 Å².